The van der Waals surface area contributed by atoms with E-state index in [4.69, 9.17) is 4.52 Å². The molecule has 0 spiro atoms. The molecule has 1 N–H and O–H groups in total. The number of hydrogen-bond acceptors (Lipinski definition) is 5. The number of aryl methyl sites for hydroxylation is 1. The lowest BCUT2D eigenvalue weighted by Gasteiger charge is -2.08. The fourth-order valence-electron chi connectivity index (χ4n) is 1.47. The molecule has 2 rings (SSSR count). The molecule has 0 saturated carbocycles. The van der Waals surface area contributed by atoms with Crippen LogP contribution in [0.25, 0.3) is 0 Å². The average molecular weight is 311 g/mol. The van der Waals surface area contributed by atoms with Gasteiger partial charge in [0.05, 0.1) is 6.54 Å². The van der Waals surface area contributed by atoms with Gasteiger partial charge in [0, 0.05) is 18.1 Å². The highest BCUT2D eigenvalue weighted by Crippen LogP contribution is 2.17. The molecule has 0 aliphatic carbocycles. The van der Waals surface area contributed by atoms with Crippen molar-refractivity contribution in [2.24, 2.45) is 0 Å². The van der Waals surface area contributed by atoms with Crippen LogP contribution in [0, 0.1) is 6.92 Å². The van der Waals surface area contributed by atoms with Gasteiger partial charge in [-0.25, -0.2) is 9.97 Å². The van der Waals surface area contributed by atoms with Crippen LogP contribution in [0.5, 0.6) is 0 Å². The lowest BCUT2D eigenvalue weighted by Crippen LogP contribution is -2.05. The van der Waals surface area contributed by atoms with E-state index in [2.05, 4.69) is 50.2 Å². The summed E-state index contributed by atoms with van der Waals surface area (Å²) in [6, 6.07) is 3.74. The van der Waals surface area contributed by atoms with Crippen LogP contribution in [0.15, 0.2) is 21.3 Å². The van der Waals surface area contributed by atoms with E-state index in [0.717, 1.165) is 27.7 Å². The molecular formula is C12H15BrN4O. The Balaban J connectivity index is 2.09. The number of halogens is 1. The number of aromatic nitrogens is 3. The van der Waals surface area contributed by atoms with Crippen LogP contribution < -0.4 is 5.32 Å². The summed E-state index contributed by atoms with van der Waals surface area (Å²) in [6.45, 7) is 6.58. The summed E-state index contributed by atoms with van der Waals surface area (Å²) in [5.74, 6) is 2.68. The quantitative estimate of drug-likeness (QED) is 0.878. The first kappa shape index (κ1) is 13.0. The van der Waals surface area contributed by atoms with Crippen LogP contribution in [0.3, 0.4) is 0 Å². The van der Waals surface area contributed by atoms with Gasteiger partial charge in [0.2, 0.25) is 0 Å². The van der Waals surface area contributed by atoms with Gasteiger partial charge in [0.15, 0.2) is 0 Å². The molecule has 0 unspecified atom stereocenters. The van der Waals surface area contributed by atoms with Crippen molar-refractivity contribution < 1.29 is 4.52 Å². The summed E-state index contributed by atoms with van der Waals surface area (Å²) in [7, 11) is 0. The fraction of sp³-hybridized carbons (Fsp3) is 0.417. The molecule has 0 fully saturated rings. The predicted molar refractivity (Wildman–Crippen MR) is 72.4 cm³/mol. The van der Waals surface area contributed by atoms with Crippen LogP contribution in [0.2, 0.25) is 0 Å². The second-order valence-corrected chi connectivity index (χ2v) is 5.18. The molecule has 0 amide bonds. The topological polar surface area (TPSA) is 63.8 Å². The van der Waals surface area contributed by atoms with Crippen molar-refractivity contribution in [3.05, 3.63) is 34.0 Å². The summed E-state index contributed by atoms with van der Waals surface area (Å²) in [6.07, 6.45) is 0. The van der Waals surface area contributed by atoms with Gasteiger partial charge in [0.1, 0.15) is 27.7 Å². The van der Waals surface area contributed by atoms with E-state index in [0.29, 0.717) is 6.54 Å². The van der Waals surface area contributed by atoms with Crippen molar-refractivity contribution in [3.8, 4) is 0 Å². The maximum absolute atomic E-state index is 5.01. The molecule has 2 aromatic rings. The zero-order chi connectivity index (χ0) is 13.1. The van der Waals surface area contributed by atoms with Crippen molar-refractivity contribution in [1.82, 2.24) is 15.1 Å². The molecule has 0 bridgehead atoms. The highest BCUT2D eigenvalue weighted by Gasteiger charge is 2.07. The molecule has 2 heterocycles. The van der Waals surface area contributed by atoms with Gasteiger partial charge >= 0.3 is 0 Å². The highest BCUT2D eigenvalue weighted by molar-refractivity contribution is 9.10. The summed E-state index contributed by atoms with van der Waals surface area (Å²) in [4.78, 5) is 8.77. The second kappa shape index (κ2) is 5.48. The molecule has 0 atom stereocenters. The van der Waals surface area contributed by atoms with Crippen molar-refractivity contribution in [3.63, 3.8) is 0 Å². The van der Waals surface area contributed by atoms with Crippen molar-refractivity contribution in [2.45, 2.75) is 33.2 Å². The Morgan fingerprint density at radius 1 is 1.33 bits per heavy atom. The Kier molecular flexibility index (Phi) is 3.96. The van der Waals surface area contributed by atoms with Crippen molar-refractivity contribution in [2.75, 3.05) is 5.32 Å². The van der Waals surface area contributed by atoms with Gasteiger partial charge < -0.3 is 9.84 Å². The Labute approximate surface area is 114 Å². The first-order valence-corrected chi connectivity index (χ1v) is 6.54. The molecule has 96 valence electrons. The molecule has 0 radical (unpaired) electrons. The smallest absolute Gasteiger partial charge is 0.134 e. The Bertz CT molecular complexity index is 539. The van der Waals surface area contributed by atoms with E-state index in [1.165, 1.54) is 0 Å². The molecule has 0 aromatic carbocycles. The van der Waals surface area contributed by atoms with E-state index in [1.54, 1.807) is 0 Å². The summed E-state index contributed by atoms with van der Waals surface area (Å²) in [5.41, 5.74) is 0.855. The van der Waals surface area contributed by atoms with E-state index < -0.39 is 0 Å². The number of hydrogen-bond donors (Lipinski definition) is 1. The zero-order valence-corrected chi connectivity index (χ0v) is 12.2. The number of nitrogens with one attached hydrogen (secondary N) is 1. The Morgan fingerprint density at radius 2 is 2.11 bits per heavy atom. The molecule has 18 heavy (non-hydrogen) atoms. The third-order valence-corrected chi connectivity index (χ3v) is 2.76. The molecule has 0 aliphatic heterocycles. The Hall–Kier alpha value is -1.43. The lowest BCUT2D eigenvalue weighted by molar-refractivity contribution is 0.391. The average Bonchev–Trinajstić information content (AvgIpc) is 2.72. The van der Waals surface area contributed by atoms with Gasteiger partial charge in [0.25, 0.3) is 0 Å². The van der Waals surface area contributed by atoms with Crippen LogP contribution in [-0.2, 0) is 6.54 Å². The SMILES string of the molecule is Cc1cc(CNc2cc(Br)nc(C(C)C)n2)no1. The van der Waals surface area contributed by atoms with E-state index in [1.807, 2.05) is 19.1 Å². The van der Waals surface area contributed by atoms with Crippen molar-refractivity contribution in [1.29, 1.82) is 0 Å². The fourth-order valence-corrected chi connectivity index (χ4v) is 1.86. The third kappa shape index (κ3) is 3.29. The second-order valence-electron chi connectivity index (χ2n) is 4.37. The zero-order valence-electron chi connectivity index (χ0n) is 10.6. The third-order valence-electron chi connectivity index (χ3n) is 2.36. The molecule has 6 heteroatoms. The van der Waals surface area contributed by atoms with Crippen molar-refractivity contribution >= 4 is 21.7 Å². The summed E-state index contributed by atoms with van der Waals surface area (Å²) < 4.78 is 5.78. The maximum Gasteiger partial charge on any atom is 0.134 e. The van der Waals surface area contributed by atoms with E-state index >= 15 is 0 Å². The number of rotatable bonds is 4. The number of nitrogens with zero attached hydrogens (tertiary/aromatic N) is 3. The monoisotopic (exact) mass is 310 g/mol. The predicted octanol–water partition coefficient (Wildman–Crippen LogP) is 3.27. The van der Waals surface area contributed by atoms with Crippen LogP contribution in [0.4, 0.5) is 5.82 Å². The minimum Gasteiger partial charge on any atom is -0.364 e. The molecule has 0 saturated heterocycles. The summed E-state index contributed by atoms with van der Waals surface area (Å²) in [5, 5.41) is 7.12. The number of anilines is 1. The van der Waals surface area contributed by atoms with E-state index in [9.17, 15) is 0 Å². The van der Waals surface area contributed by atoms with Gasteiger partial charge in [-0.1, -0.05) is 19.0 Å². The first-order chi connectivity index (χ1) is 8.54. The van der Waals surface area contributed by atoms with Gasteiger partial charge in [-0.2, -0.15) is 0 Å². The maximum atomic E-state index is 5.01. The molecular weight excluding hydrogens is 296 g/mol. The minimum atomic E-state index is 0.289. The normalized spacial score (nSPS) is 10.9. The first-order valence-electron chi connectivity index (χ1n) is 5.75. The van der Waals surface area contributed by atoms with Crippen LogP contribution >= 0.6 is 15.9 Å². The summed E-state index contributed by atoms with van der Waals surface area (Å²) >= 11 is 3.39. The van der Waals surface area contributed by atoms with Gasteiger partial charge in [-0.3, -0.25) is 0 Å². The standard InChI is InChI=1S/C12H15BrN4O/c1-7(2)12-15-10(13)5-11(16-12)14-6-9-4-8(3)18-17-9/h4-5,7H,6H2,1-3H3,(H,14,15,16). The largest absolute Gasteiger partial charge is 0.364 e. The molecule has 5 nitrogen and oxygen atoms in total. The lowest BCUT2D eigenvalue weighted by atomic mass is 10.2. The van der Waals surface area contributed by atoms with Crippen LogP contribution in [-0.4, -0.2) is 15.1 Å². The van der Waals surface area contributed by atoms with Crippen LogP contribution in [0.1, 0.15) is 37.0 Å². The van der Waals surface area contributed by atoms with E-state index in [-0.39, 0.29) is 5.92 Å². The minimum absolute atomic E-state index is 0.289. The molecule has 0 aliphatic rings. The molecule has 2 aromatic heterocycles. The van der Waals surface area contributed by atoms with Gasteiger partial charge in [-0.15, -0.1) is 0 Å². The highest BCUT2D eigenvalue weighted by atomic mass is 79.9. The Morgan fingerprint density at radius 3 is 2.72 bits per heavy atom. The van der Waals surface area contributed by atoms with Gasteiger partial charge in [-0.05, 0) is 22.9 Å².